The third-order valence-corrected chi connectivity index (χ3v) is 5.34. The predicted octanol–water partition coefficient (Wildman–Crippen LogP) is 3.17. The minimum absolute atomic E-state index is 0.310. The maximum absolute atomic E-state index is 12.1. The van der Waals surface area contributed by atoms with Crippen molar-refractivity contribution >= 4 is 17.7 Å². The molecule has 0 aliphatic rings. The first-order valence-electron chi connectivity index (χ1n) is 9.49. The van der Waals surface area contributed by atoms with E-state index in [0.717, 1.165) is 12.1 Å². The molecule has 0 saturated carbocycles. The first-order chi connectivity index (χ1) is 15.0. The number of thioether (sulfide) groups is 1. The van der Waals surface area contributed by atoms with Crippen LogP contribution in [0.1, 0.15) is 21.5 Å². The van der Waals surface area contributed by atoms with Crippen molar-refractivity contribution in [3.05, 3.63) is 53.3 Å². The Balaban J connectivity index is 2.14. The van der Waals surface area contributed by atoms with Crippen LogP contribution < -0.4 is 5.73 Å². The van der Waals surface area contributed by atoms with E-state index in [0.29, 0.717) is 52.1 Å². The van der Waals surface area contributed by atoms with E-state index in [-0.39, 0.29) is 0 Å². The van der Waals surface area contributed by atoms with Crippen LogP contribution in [0.15, 0.2) is 46.0 Å². The lowest BCUT2D eigenvalue weighted by Gasteiger charge is -2.17. The van der Waals surface area contributed by atoms with Gasteiger partial charge in [-0.3, -0.25) is 9.69 Å². The average Bonchev–Trinajstić information content (AvgIpc) is 3.31. The maximum atomic E-state index is 12.1. The summed E-state index contributed by atoms with van der Waals surface area (Å²) in [6.45, 7) is 2.02. The highest BCUT2D eigenvalue weighted by molar-refractivity contribution is 7.98. The number of nitrogens with zero attached hydrogens (tertiary/aromatic N) is 4. The summed E-state index contributed by atoms with van der Waals surface area (Å²) in [6, 6.07) is 11.0. The Bertz CT molecular complexity index is 1110. The number of rotatable bonds is 9. The van der Waals surface area contributed by atoms with Gasteiger partial charge < -0.3 is 14.9 Å². The summed E-state index contributed by atoms with van der Waals surface area (Å²) in [5.41, 5.74) is 8.12. The van der Waals surface area contributed by atoms with Gasteiger partial charge in [-0.05, 0) is 43.1 Å². The zero-order valence-corrected chi connectivity index (χ0v) is 18.4. The molecule has 0 radical (unpaired) electrons. The molecular weight excluding hydrogens is 414 g/mol. The summed E-state index contributed by atoms with van der Waals surface area (Å²) in [4.78, 5) is 23.4. The quantitative estimate of drug-likeness (QED) is 0.400. The number of ether oxygens (including phenoxy) is 1. The van der Waals surface area contributed by atoms with Crippen molar-refractivity contribution in [1.29, 1.82) is 5.26 Å². The number of methoxy groups -OCH3 is 1. The Morgan fingerprint density at radius 1 is 1.35 bits per heavy atom. The number of primary amides is 1. The van der Waals surface area contributed by atoms with Crippen LogP contribution in [0.25, 0.3) is 22.8 Å². The van der Waals surface area contributed by atoms with E-state index in [4.69, 9.17) is 14.9 Å². The van der Waals surface area contributed by atoms with Crippen molar-refractivity contribution in [2.45, 2.75) is 11.6 Å². The minimum atomic E-state index is -0.576. The molecule has 2 N–H and O–H groups in total. The Kier molecular flexibility index (Phi) is 7.41. The number of hydrogen-bond acceptors (Lipinski definition) is 8. The normalized spacial score (nSPS) is 10.9. The molecule has 31 heavy (non-hydrogen) atoms. The second-order valence-corrected chi connectivity index (χ2v) is 7.64. The molecule has 2 heterocycles. The summed E-state index contributed by atoms with van der Waals surface area (Å²) in [6.07, 6.45) is 3.34. The Hall–Kier alpha value is -3.19. The van der Waals surface area contributed by atoms with Crippen LogP contribution in [-0.4, -0.2) is 54.3 Å². The van der Waals surface area contributed by atoms with Gasteiger partial charge in [0.05, 0.1) is 18.4 Å². The van der Waals surface area contributed by atoms with Crippen molar-refractivity contribution in [2.75, 3.05) is 33.6 Å². The number of nitriles is 1. The van der Waals surface area contributed by atoms with Crippen LogP contribution in [0.2, 0.25) is 0 Å². The zero-order valence-electron chi connectivity index (χ0n) is 17.6. The number of carbonyl (C=O) groups is 1. The standard InChI is InChI=1S/C22H23N5O3S/c1-27(8-10-29-2)13-14-6-7-15(20(24)28)16(11-14)21-25-19(18-5-4-9-30-18)17(12-23)22(26-21)31-3/h4-7,9,11H,8,10,13H2,1-3H3,(H2,24,28). The second kappa shape index (κ2) is 10.2. The van der Waals surface area contributed by atoms with E-state index in [1.807, 2.05) is 25.4 Å². The van der Waals surface area contributed by atoms with Gasteiger partial charge in [-0.1, -0.05) is 6.07 Å². The monoisotopic (exact) mass is 437 g/mol. The summed E-state index contributed by atoms with van der Waals surface area (Å²) in [5.74, 6) is 0.184. The smallest absolute Gasteiger partial charge is 0.249 e. The fourth-order valence-electron chi connectivity index (χ4n) is 3.13. The van der Waals surface area contributed by atoms with Crippen molar-refractivity contribution < 1.29 is 13.9 Å². The zero-order chi connectivity index (χ0) is 22.4. The van der Waals surface area contributed by atoms with Crippen LogP contribution in [-0.2, 0) is 11.3 Å². The maximum Gasteiger partial charge on any atom is 0.249 e. The van der Waals surface area contributed by atoms with Crippen LogP contribution in [0.5, 0.6) is 0 Å². The highest BCUT2D eigenvalue weighted by Gasteiger charge is 2.21. The van der Waals surface area contributed by atoms with Gasteiger partial charge in [0.2, 0.25) is 5.91 Å². The molecule has 0 aliphatic carbocycles. The molecule has 8 nitrogen and oxygen atoms in total. The number of amides is 1. The van der Waals surface area contributed by atoms with E-state index >= 15 is 0 Å². The van der Waals surface area contributed by atoms with Crippen LogP contribution >= 0.6 is 11.8 Å². The number of furan rings is 1. The molecule has 160 valence electrons. The molecule has 0 fully saturated rings. The predicted molar refractivity (Wildman–Crippen MR) is 118 cm³/mol. The van der Waals surface area contributed by atoms with Crippen LogP contribution in [0.4, 0.5) is 0 Å². The fourth-order valence-corrected chi connectivity index (χ4v) is 3.65. The molecule has 2 aromatic heterocycles. The van der Waals surface area contributed by atoms with Gasteiger partial charge in [0.1, 0.15) is 22.4 Å². The molecular formula is C22H23N5O3S. The number of benzene rings is 1. The SMILES string of the molecule is COCCN(C)Cc1ccc(C(N)=O)c(-c2nc(SC)c(C#N)c(-c3ccco3)n2)c1. The Morgan fingerprint density at radius 3 is 2.77 bits per heavy atom. The number of aromatic nitrogens is 2. The van der Waals surface area contributed by atoms with E-state index in [1.54, 1.807) is 25.3 Å². The molecule has 3 aromatic rings. The number of nitrogens with two attached hydrogens (primary N) is 1. The number of carbonyl (C=O) groups excluding carboxylic acids is 1. The second-order valence-electron chi connectivity index (χ2n) is 6.84. The Morgan fingerprint density at radius 2 is 2.16 bits per heavy atom. The van der Waals surface area contributed by atoms with E-state index < -0.39 is 5.91 Å². The highest BCUT2D eigenvalue weighted by Crippen LogP contribution is 2.32. The van der Waals surface area contributed by atoms with Crippen molar-refractivity contribution in [2.24, 2.45) is 5.73 Å². The van der Waals surface area contributed by atoms with Crippen molar-refractivity contribution in [1.82, 2.24) is 14.9 Å². The Labute approximate surface area is 185 Å². The lowest BCUT2D eigenvalue weighted by Crippen LogP contribution is -2.22. The molecule has 0 spiro atoms. The average molecular weight is 438 g/mol. The first-order valence-corrected chi connectivity index (χ1v) is 10.7. The lowest BCUT2D eigenvalue weighted by atomic mass is 10.0. The molecule has 1 aromatic carbocycles. The lowest BCUT2D eigenvalue weighted by molar-refractivity contribution is 0.100. The summed E-state index contributed by atoms with van der Waals surface area (Å²) < 4.78 is 10.6. The number of hydrogen-bond donors (Lipinski definition) is 1. The fraction of sp³-hybridized carbons (Fsp3) is 0.273. The highest BCUT2D eigenvalue weighted by atomic mass is 32.2. The van der Waals surface area contributed by atoms with Gasteiger partial charge in [0.25, 0.3) is 0 Å². The molecule has 9 heteroatoms. The summed E-state index contributed by atoms with van der Waals surface area (Å²) in [7, 11) is 3.65. The molecule has 0 unspecified atom stereocenters. The first kappa shape index (κ1) is 22.5. The van der Waals surface area contributed by atoms with Gasteiger partial charge >= 0.3 is 0 Å². The topological polar surface area (TPSA) is 118 Å². The van der Waals surface area contributed by atoms with E-state index in [9.17, 15) is 10.1 Å². The molecule has 0 aliphatic heterocycles. The molecule has 0 atom stereocenters. The van der Waals surface area contributed by atoms with Gasteiger partial charge in [0, 0.05) is 25.8 Å². The van der Waals surface area contributed by atoms with Crippen LogP contribution in [0, 0.1) is 11.3 Å². The number of likely N-dealkylation sites (N-methyl/N-ethyl adjacent to an activating group) is 1. The van der Waals surface area contributed by atoms with E-state index in [1.165, 1.54) is 18.0 Å². The molecule has 1 amide bonds. The van der Waals surface area contributed by atoms with E-state index in [2.05, 4.69) is 20.9 Å². The summed E-state index contributed by atoms with van der Waals surface area (Å²) in [5, 5.41) is 10.2. The van der Waals surface area contributed by atoms with Gasteiger partial charge in [0.15, 0.2) is 11.6 Å². The van der Waals surface area contributed by atoms with Gasteiger partial charge in [-0.2, -0.15) is 5.26 Å². The molecule has 0 bridgehead atoms. The largest absolute Gasteiger partial charge is 0.463 e. The molecule has 3 rings (SSSR count). The third kappa shape index (κ3) is 5.11. The van der Waals surface area contributed by atoms with Crippen molar-refractivity contribution in [3.63, 3.8) is 0 Å². The van der Waals surface area contributed by atoms with Gasteiger partial charge in [-0.15, -0.1) is 11.8 Å². The minimum Gasteiger partial charge on any atom is -0.463 e. The van der Waals surface area contributed by atoms with Crippen LogP contribution in [0.3, 0.4) is 0 Å². The molecule has 0 saturated heterocycles. The van der Waals surface area contributed by atoms with Gasteiger partial charge in [-0.25, -0.2) is 9.97 Å². The third-order valence-electron chi connectivity index (χ3n) is 4.66. The summed E-state index contributed by atoms with van der Waals surface area (Å²) >= 11 is 1.32. The van der Waals surface area contributed by atoms with Crippen molar-refractivity contribution in [3.8, 4) is 28.9 Å².